The molecule has 2 amide bonds. The van der Waals surface area contributed by atoms with Crippen molar-refractivity contribution in [1.29, 1.82) is 0 Å². The second-order valence-electron chi connectivity index (χ2n) is 5.62. The van der Waals surface area contributed by atoms with Gasteiger partial charge in [0.2, 0.25) is 5.91 Å². The van der Waals surface area contributed by atoms with Crippen molar-refractivity contribution in [3.63, 3.8) is 0 Å². The van der Waals surface area contributed by atoms with Gasteiger partial charge in [0, 0.05) is 6.92 Å². The van der Waals surface area contributed by atoms with Crippen LogP contribution in [0.3, 0.4) is 0 Å². The summed E-state index contributed by atoms with van der Waals surface area (Å²) in [7, 11) is 0. The van der Waals surface area contributed by atoms with Gasteiger partial charge in [-0.25, -0.2) is 0 Å². The van der Waals surface area contributed by atoms with Crippen LogP contribution in [0.1, 0.15) is 18.1 Å². The number of carbonyl (C=O) groups excluding carboxylic acids is 2. The fourth-order valence-corrected chi connectivity index (χ4v) is 3.44. The van der Waals surface area contributed by atoms with Gasteiger partial charge in [-0.2, -0.15) is 4.99 Å². The molecule has 0 bridgehead atoms. The first-order valence-corrected chi connectivity index (χ1v) is 9.45. The quantitative estimate of drug-likeness (QED) is 0.729. The molecule has 0 spiro atoms. The Morgan fingerprint density at radius 2 is 2.04 bits per heavy atom. The topological polar surface area (TPSA) is 67.8 Å². The lowest BCUT2D eigenvalue weighted by molar-refractivity contribution is -0.117. The zero-order valence-electron chi connectivity index (χ0n) is 14.2. The highest BCUT2D eigenvalue weighted by atomic mass is 35.5. The molecule has 0 aromatic heterocycles. The molecule has 0 atom stereocenters. The summed E-state index contributed by atoms with van der Waals surface area (Å²) in [6.07, 6.45) is 1.71. The molecule has 0 saturated heterocycles. The minimum Gasteiger partial charge on any atom is -0.489 e. The number of carbonyl (C=O) groups is 2. The highest BCUT2D eigenvalue weighted by Crippen LogP contribution is 2.28. The van der Waals surface area contributed by atoms with Gasteiger partial charge in [-0.15, -0.1) is 0 Å². The monoisotopic (exact) mass is 420 g/mol. The standard InChI is InChI=1S/C19H14Cl2N2O3S/c1-11(24)22-19-23-18(25)17(27-19)9-12-3-2-4-14(7-12)26-10-13-5-6-15(20)16(21)8-13/h2-9H,10H2,1H3,(H,22,23,24,25). The number of nitrogens with zero attached hydrogens (tertiary/aromatic N) is 1. The number of hydrogen-bond donors (Lipinski definition) is 1. The van der Waals surface area contributed by atoms with Gasteiger partial charge in [-0.1, -0.05) is 41.4 Å². The molecule has 0 unspecified atom stereocenters. The number of amidine groups is 1. The molecule has 0 aliphatic carbocycles. The number of amides is 2. The summed E-state index contributed by atoms with van der Waals surface area (Å²) in [6.45, 7) is 1.70. The molecule has 2 aromatic carbocycles. The molecular weight excluding hydrogens is 407 g/mol. The molecule has 1 aliphatic heterocycles. The number of halogens is 2. The van der Waals surface area contributed by atoms with Crippen LogP contribution < -0.4 is 10.1 Å². The van der Waals surface area contributed by atoms with E-state index in [4.69, 9.17) is 27.9 Å². The first-order valence-electron chi connectivity index (χ1n) is 7.87. The predicted octanol–water partition coefficient (Wildman–Crippen LogP) is 4.68. The Morgan fingerprint density at radius 1 is 1.22 bits per heavy atom. The number of thioether (sulfide) groups is 1. The zero-order valence-corrected chi connectivity index (χ0v) is 16.5. The Hall–Kier alpha value is -2.28. The van der Waals surface area contributed by atoms with Crippen LogP contribution >= 0.6 is 35.0 Å². The van der Waals surface area contributed by atoms with Gasteiger partial charge >= 0.3 is 0 Å². The molecule has 5 nitrogen and oxygen atoms in total. The van der Waals surface area contributed by atoms with Crippen LogP contribution in [0.2, 0.25) is 10.0 Å². The third-order valence-electron chi connectivity index (χ3n) is 3.45. The van der Waals surface area contributed by atoms with E-state index in [1.54, 1.807) is 18.2 Å². The summed E-state index contributed by atoms with van der Waals surface area (Å²) in [5, 5.41) is 3.77. The van der Waals surface area contributed by atoms with Crippen molar-refractivity contribution >= 4 is 58.0 Å². The largest absolute Gasteiger partial charge is 0.489 e. The van der Waals surface area contributed by atoms with Crippen molar-refractivity contribution in [1.82, 2.24) is 5.32 Å². The SMILES string of the molecule is CC(=O)NC1=NC(=O)C(=Cc2cccc(OCc3ccc(Cl)c(Cl)c3)c2)S1. The molecule has 1 aliphatic rings. The highest BCUT2D eigenvalue weighted by molar-refractivity contribution is 8.18. The number of hydrogen-bond acceptors (Lipinski definition) is 4. The van der Waals surface area contributed by atoms with E-state index in [0.29, 0.717) is 27.3 Å². The lowest BCUT2D eigenvalue weighted by Gasteiger charge is -2.08. The van der Waals surface area contributed by atoms with Crippen molar-refractivity contribution in [2.45, 2.75) is 13.5 Å². The van der Waals surface area contributed by atoms with E-state index in [1.807, 2.05) is 30.3 Å². The Kier molecular flexibility index (Phi) is 6.21. The van der Waals surface area contributed by atoms with Crippen molar-refractivity contribution in [3.8, 4) is 5.75 Å². The zero-order chi connectivity index (χ0) is 19.4. The number of rotatable bonds is 4. The Bertz CT molecular complexity index is 973. The lowest BCUT2D eigenvalue weighted by Crippen LogP contribution is -2.23. The van der Waals surface area contributed by atoms with Gasteiger partial charge in [0.15, 0.2) is 5.17 Å². The third-order valence-corrected chi connectivity index (χ3v) is 5.09. The molecule has 0 fully saturated rings. The van der Waals surface area contributed by atoms with Gasteiger partial charge in [0.05, 0.1) is 15.0 Å². The van der Waals surface area contributed by atoms with Crippen LogP contribution in [-0.2, 0) is 16.2 Å². The van der Waals surface area contributed by atoms with Crippen LogP contribution in [-0.4, -0.2) is 17.0 Å². The molecule has 0 radical (unpaired) electrons. The Labute approximate surface area is 170 Å². The van der Waals surface area contributed by atoms with Gasteiger partial charge in [-0.3, -0.25) is 9.59 Å². The van der Waals surface area contributed by atoms with Crippen LogP contribution in [0.25, 0.3) is 6.08 Å². The van der Waals surface area contributed by atoms with Crippen molar-refractivity contribution in [3.05, 3.63) is 68.5 Å². The summed E-state index contributed by atoms with van der Waals surface area (Å²) in [4.78, 5) is 27.3. The summed E-state index contributed by atoms with van der Waals surface area (Å²) in [6, 6.07) is 12.6. The van der Waals surface area contributed by atoms with Crippen molar-refractivity contribution < 1.29 is 14.3 Å². The maximum absolute atomic E-state index is 11.9. The van der Waals surface area contributed by atoms with E-state index >= 15 is 0 Å². The second-order valence-corrected chi connectivity index (χ2v) is 7.47. The average Bonchev–Trinajstić information content (AvgIpc) is 2.94. The molecular formula is C19H14Cl2N2O3S. The summed E-state index contributed by atoms with van der Waals surface area (Å²) in [5.74, 6) is -0.00671. The maximum atomic E-state index is 11.9. The van der Waals surface area contributed by atoms with Gasteiger partial charge in [0.25, 0.3) is 5.91 Å². The van der Waals surface area contributed by atoms with Gasteiger partial charge in [0.1, 0.15) is 12.4 Å². The fraction of sp³-hybridized carbons (Fsp3) is 0.105. The summed E-state index contributed by atoms with van der Waals surface area (Å²) < 4.78 is 5.78. The average molecular weight is 421 g/mol. The van der Waals surface area contributed by atoms with Crippen LogP contribution in [0.5, 0.6) is 5.75 Å². The van der Waals surface area contributed by atoms with Crippen LogP contribution in [0.15, 0.2) is 52.4 Å². The number of benzene rings is 2. The second kappa shape index (κ2) is 8.61. The normalized spacial score (nSPS) is 15.0. The first-order chi connectivity index (χ1) is 12.9. The van der Waals surface area contributed by atoms with Crippen molar-refractivity contribution in [2.75, 3.05) is 0 Å². The minimum atomic E-state index is -0.383. The van der Waals surface area contributed by atoms with Crippen LogP contribution in [0, 0.1) is 0 Å². The number of nitrogens with one attached hydrogen (secondary N) is 1. The van der Waals surface area contributed by atoms with Gasteiger partial charge < -0.3 is 10.1 Å². The minimum absolute atomic E-state index is 0.270. The highest BCUT2D eigenvalue weighted by Gasteiger charge is 2.22. The predicted molar refractivity (Wildman–Crippen MR) is 109 cm³/mol. The van der Waals surface area contributed by atoms with E-state index in [9.17, 15) is 9.59 Å². The number of aliphatic imine (C=N–C) groups is 1. The Morgan fingerprint density at radius 3 is 2.78 bits per heavy atom. The van der Waals surface area contributed by atoms with Gasteiger partial charge in [-0.05, 0) is 53.2 Å². The summed E-state index contributed by atoms with van der Waals surface area (Å²) in [5.41, 5.74) is 1.68. The van der Waals surface area contributed by atoms with E-state index in [0.717, 1.165) is 22.9 Å². The maximum Gasteiger partial charge on any atom is 0.286 e. The third kappa shape index (κ3) is 5.35. The van der Waals surface area contributed by atoms with E-state index in [2.05, 4.69) is 10.3 Å². The molecule has 3 rings (SSSR count). The fourth-order valence-electron chi connectivity index (χ4n) is 2.25. The van der Waals surface area contributed by atoms with Crippen LogP contribution in [0.4, 0.5) is 0 Å². The lowest BCUT2D eigenvalue weighted by atomic mass is 10.2. The molecule has 0 saturated carbocycles. The molecule has 1 N–H and O–H groups in total. The summed E-state index contributed by atoms with van der Waals surface area (Å²) >= 11 is 13.0. The van der Waals surface area contributed by atoms with E-state index in [1.165, 1.54) is 6.92 Å². The smallest absolute Gasteiger partial charge is 0.286 e. The molecule has 2 aromatic rings. The molecule has 138 valence electrons. The number of ether oxygens (including phenoxy) is 1. The molecule has 8 heteroatoms. The Balaban J connectivity index is 1.68. The molecule has 1 heterocycles. The van der Waals surface area contributed by atoms with E-state index < -0.39 is 0 Å². The van der Waals surface area contributed by atoms with Crippen molar-refractivity contribution in [2.24, 2.45) is 4.99 Å². The molecule has 27 heavy (non-hydrogen) atoms. The first kappa shape index (κ1) is 19.5. The van der Waals surface area contributed by atoms with E-state index in [-0.39, 0.29) is 17.0 Å².